The Hall–Kier alpha value is -2.90. The van der Waals surface area contributed by atoms with Crippen molar-refractivity contribution in [2.24, 2.45) is 5.73 Å². The van der Waals surface area contributed by atoms with E-state index in [2.05, 4.69) is 75.4 Å². The van der Waals surface area contributed by atoms with E-state index < -0.39 is 20.5 Å². The topological polar surface area (TPSA) is 256 Å². The molecule has 4 aromatic heterocycles. The van der Waals surface area contributed by atoms with Gasteiger partial charge < -0.3 is 18.1 Å². The Morgan fingerprint density at radius 2 is 0.673 bits per heavy atom. The van der Waals surface area contributed by atoms with E-state index in [4.69, 9.17) is 43.0 Å². The van der Waals surface area contributed by atoms with Gasteiger partial charge in [0.2, 0.25) is 0 Å². The minimum Gasteiger partial charge on any atom is -1.00 e. The van der Waals surface area contributed by atoms with Crippen molar-refractivity contribution in [3.8, 4) is 0 Å². The third-order valence-corrected chi connectivity index (χ3v) is 7.75. The van der Waals surface area contributed by atoms with Crippen LogP contribution in [0.4, 0.5) is 0 Å². The summed E-state index contributed by atoms with van der Waals surface area (Å²) in [6, 6.07) is 24.3. The molecule has 6 aromatic rings. The first kappa shape index (κ1) is 52.1. The van der Waals surface area contributed by atoms with E-state index in [0.717, 1.165) is 50.2 Å². The molecule has 0 aliphatic heterocycles. The standard InChI is InChI=1S/C14H31N.2C12H8N2.2ClHO4.ClH.Co/c1-2-3-4-5-6-7-8-9-10-11-12-13-14-15;2*1-3-9-5-6-10-4-2-8-14-12(10)11(9)13-7-1;2*2-1(3,4)5;;/h2-15H2,1H3;2*1-8H;2*(H,2,3,4,5);1H;/q;;;;;;+3/p-1. The van der Waals surface area contributed by atoms with Crippen LogP contribution in [0.5, 0.6) is 0 Å². The van der Waals surface area contributed by atoms with Gasteiger partial charge in [0.05, 0.1) is 51.9 Å². The molecule has 0 atom stereocenters. The molecule has 0 unspecified atom stereocenters. The molecule has 55 heavy (non-hydrogen) atoms. The van der Waals surface area contributed by atoms with E-state index >= 15 is 0 Å². The number of nitrogens with two attached hydrogens (primary N) is 1. The number of hydrogen-bond acceptors (Lipinski definition) is 13. The van der Waals surface area contributed by atoms with Crippen molar-refractivity contribution >= 4 is 43.6 Å². The summed E-state index contributed by atoms with van der Waals surface area (Å²) < 4.78 is 65.4. The van der Waals surface area contributed by atoms with Crippen LogP contribution in [0.3, 0.4) is 0 Å². The Morgan fingerprint density at radius 3 is 0.891 bits per heavy atom. The summed E-state index contributed by atoms with van der Waals surface area (Å²) in [5, 5.41) is 4.55. The minimum absolute atomic E-state index is 0. The van der Waals surface area contributed by atoms with Crippen LogP contribution >= 0.6 is 0 Å². The largest absolute Gasteiger partial charge is 3.00 e. The number of benzene rings is 2. The van der Waals surface area contributed by atoms with Crippen LogP contribution in [0, 0.1) is 20.5 Å². The number of rotatable bonds is 12. The molecule has 0 amide bonds. The van der Waals surface area contributed by atoms with Crippen molar-refractivity contribution in [1.82, 2.24) is 19.9 Å². The molecule has 302 valence electrons. The zero-order valence-electron chi connectivity index (χ0n) is 30.6. The summed E-state index contributed by atoms with van der Waals surface area (Å²) in [5.74, 6) is 0. The van der Waals surface area contributed by atoms with Crippen LogP contribution in [0.2, 0.25) is 0 Å². The zero-order valence-corrected chi connectivity index (χ0v) is 33.9. The second-order valence-corrected chi connectivity index (χ2v) is 13.5. The van der Waals surface area contributed by atoms with Crippen molar-refractivity contribution in [3.63, 3.8) is 0 Å². The van der Waals surface area contributed by atoms with Gasteiger partial charge in [0.1, 0.15) is 0 Å². The first-order valence-corrected chi connectivity index (χ1v) is 20.0. The molecule has 6 rings (SSSR count). The van der Waals surface area contributed by atoms with Gasteiger partial charge in [0.15, 0.2) is 0 Å². The summed E-state index contributed by atoms with van der Waals surface area (Å²) in [4.78, 5) is 17.4. The Kier molecular flexibility index (Phi) is 27.8. The van der Waals surface area contributed by atoms with Gasteiger partial charge >= 0.3 is 16.8 Å². The van der Waals surface area contributed by atoms with E-state index in [0.29, 0.717) is 0 Å². The second kappa shape index (κ2) is 29.4. The number of fused-ring (bicyclic) bond motifs is 6. The molecule has 0 aliphatic rings. The fourth-order valence-electron chi connectivity index (χ4n) is 5.34. The smallest absolute Gasteiger partial charge is 1.00 e. The first-order chi connectivity index (χ1) is 25.3. The van der Waals surface area contributed by atoms with Gasteiger partial charge in [-0.1, -0.05) is 126 Å². The van der Waals surface area contributed by atoms with Gasteiger partial charge in [-0.25, -0.2) is 0 Å². The van der Waals surface area contributed by atoms with Crippen molar-refractivity contribution < 1.29 is 86.9 Å². The molecule has 0 bridgehead atoms. The summed E-state index contributed by atoms with van der Waals surface area (Å²) in [6.45, 7) is 3.15. The number of unbranched alkanes of at least 4 members (excludes halogenated alkanes) is 11. The molecule has 0 spiro atoms. The SMILES string of the molecule is CCCCCCCCCCCCCCN.[Cl-].[Co+3].[O-][Cl+3]([O-])([O-])O.[O-][Cl+3]([O-])([O-])O.c1cnc2c(c1)ccc1cccnc12.c1cnc2c(c1)ccc1cccnc12. The molecule has 17 heteroatoms. The summed E-state index contributed by atoms with van der Waals surface area (Å²) >= 11 is 0. The Balaban J connectivity index is 0.000000697. The Labute approximate surface area is 342 Å². The summed E-state index contributed by atoms with van der Waals surface area (Å²) in [7, 11) is -9.39. The predicted molar refractivity (Wildman–Crippen MR) is 189 cm³/mol. The molecule has 4 heterocycles. The molecule has 0 saturated heterocycles. The normalized spacial score (nSPS) is 10.7. The molecule has 2 aromatic carbocycles. The van der Waals surface area contributed by atoms with Crippen LogP contribution in [0.25, 0.3) is 43.6 Å². The van der Waals surface area contributed by atoms with Crippen molar-refractivity contribution in [2.75, 3.05) is 6.54 Å². The van der Waals surface area contributed by atoms with Crippen molar-refractivity contribution in [3.05, 3.63) is 97.6 Å². The third-order valence-electron chi connectivity index (χ3n) is 7.75. The molecule has 4 N–H and O–H groups in total. The number of nitrogens with zero attached hydrogens (tertiary/aromatic N) is 4. The quantitative estimate of drug-likeness (QED) is 0.0984. The zero-order chi connectivity index (χ0) is 39.0. The molecular formula is C38H49Cl3CoN5O8+2. The van der Waals surface area contributed by atoms with Crippen molar-refractivity contribution in [1.29, 1.82) is 0 Å². The molecule has 13 nitrogen and oxygen atoms in total. The van der Waals surface area contributed by atoms with Crippen LogP contribution in [-0.2, 0) is 16.8 Å². The fourth-order valence-corrected chi connectivity index (χ4v) is 5.34. The molecular weight excluding hydrogens is 820 g/mol. The van der Waals surface area contributed by atoms with E-state index in [1.54, 1.807) is 24.8 Å². The maximum absolute atomic E-state index is 8.60. The fraction of sp³-hybridized carbons (Fsp3) is 0.368. The van der Waals surface area contributed by atoms with Crippen molar-refractivity contribution in [2.45, 2.75) is 84.0 Å². The maximum atomic E-state index is 8.60. The third kappa shape index (κ3) is 24.4. The van der Waals surface area contributed by atoms with Gasteiger partial charge in [0.25, 0.3) is 0 Å². The van der Waals surface area contributed by atoms with E-state index in [1.807, 2.05) is 24.3 Å². The number of aromatic nitrogens is 4. The average Bonchev–Trinajstić information content (AvgIpc) is 3.13. The molecule has 0 fully saturated rings. The second-order valence-electron chi connectivity index (χ2n) is 11.9. The van der Waals surface area contributed by atoms with Crippen LogP contribution in [0.15, 0.2) is 97.6 Å². The van der Waals surface area contributed by atoms with Gasteiger partial charge in [-0.15, -0.1) is 0 Å². The van der Waals surface area contributed by atoms with Gasteiger partial charge in [-0.05, 0) is 37.2 Å². The average molecular weight is 869 g/mol. The number of halogens is 3. The number of pyridine rings is 4. The summed E-state index contributed by atoms with van der Waals surface area (Å²) in [5.41, 5.74) is 9.36. The van der Waals surface area contributed by atoms with Gasteiger partial charge in [-0.3, -0.25) is 19.9 Å². The van der Waals surface area contributed by atoms with Crippen LogP contribution < -0.4 is 46.1 Å². The minimum atomic E-state index is -4.69. The summed E-state index contributed by atoms with van der Waals surface area (Å²) in [6.07, 6.45) is 24.1. The molecule has 0 aliphatic carbocycles. The van der Waals surface area contributed by atoms with E-state index in [1.165, 1.54) is 77.0 Å². The van der Waals surface area contributed by atoms with Crippen LogP contribution in [-0.4, -0.2) is 35.8 Å². The Morgan fingerprint density at radius 1 is 0.455 bits per heavy atom. The van der Waals surface area contributed by atoms with Crippen LogP contribution in [0.1, 0.15) is 84.0 Å². The van der Waals surface area contributed by atoms with E-state index in [-0.39, 0.29) is 29.2 Å². The van der Waals surface area contributed by atoms with E-state index in [9.17, 15) is 0 Å². The first-order valence-electron chi connectivity index (χ1n) is 17.4. The monoisotopic (exact) mass is 867 g/mol. The molecule has 0 saturated carbocycles. The van der Waals surface area contributed by atoms with Gasteiger partial charge in [-0.2, -0.15) is 28.0 Å². The molecule has 0 radical (unpaired) electrons. The van der Waals surface area contributed by atoms with Gasteiger partial charge in [0, 0.05) is 46.3 Å². The number of hydrogen-bond donors (Lipinski definition) is 3. The Bertz CT molecular complexity index is 1630. The predicted octanol–water partition coefficient (Wildman–Crippen LogP) is -1.03. The maximum Gasteiger partial charge on any atom is 3.00 e.